The predicted molar refractivity (Wildman–Crippen MR) is 124 cm³/mol. The minimum atomic E-state index is -0.240. The highest BCUT2D eigenvalue weighted by Gasteiger charge is 2.26. The fraction of sp³-hybridized carbons (Fsp3) is 0.231. The topological polar surface area (TPSA) is 46.3 Å². The van der Waals surface area contributed by atoms with Crippen LogP contribution >= 0.6 is 11.6 Å². The lowest BCUT2D eigenvalue weighted by Gasteiger charge is -2.26. The van der Waals surface area contributed by atoms with Crippen LogP contribution in [-0.4, -0.2) is 15.8 Å². The maximum Gasteiger partial charge on any atom is 0.230 e. The van der Waals surface area contributed by atoms with Gasteiger partial charge in [0.25, 0.3) is 0 Å². The molecule has 1 aromatic heterocycles. The predicted octanol–water partition coefficient (Wildman–Crippen LogP) is 6.51. The van der Waals surface area contributed by atoms with Gasteiger partial charge in [-0.3, -0.25) is 4.79 Å². The Labute approximate surface area is 187 Å². The number of aryl methyl sites for hydroxylation is 1. The molecule has 0 aliphatic rings. The first-order valence-corrected chi connectivity index (χ1v) is 10.9. The summed E-state index contributed by atoms with van der Waals surface area (Å²) in [7, 11) is 0. The largest absolute Gasteiger partial charge is 0.439 e. The van der Waals surface area contributed by atoms with Gasteiger partial charge < -0.3 is 9.32 Å². The number of carbonyl (C=O) groups is 1. The lowest BCUT2D eigenvalue weighted by Crippen LogP contribution is -2.34. The molecule has 1 atom stereocenters. The van der Waals surface area contributed by atoms with Gasteiger partial charge in [-0.1, -0.05) is 73.1 Å². The highest BCUT2D eigenvalue weighted by molar-refractivity contribution is 6.31. The second-order valence-corrected chi connectivity index (χ2v) is 8.14. The number of oxazole rings is 1. The number of benzene rings is 3. The normalized spacial score (nSPS) is 12.1. The molecule has 0 bridgehead atoms. The molecule has 31 heavy (non-hydrogen) atoms. The smallest absolute Gasteiger partial charge is 0.230 e. The van der Waals surface area contributed by atoms with Gasteiger partial charge in [0, 0.05) is 11.6 Å². The Bertz CT molecular complexity index is 1190. The van der Waals surface area contributed by atoms with Gasteiger partial charge in [0.2, 0.25) is 11.8 Å². The molecule has 0 unspecified atom stereocenters. The van der Waals surface area contributed by atoms with E-state index in [4.69, 9.17) is 16.0 Å². The fourth-order valence-corrected chi connectivity index (χ4v) is 4.01. The third kappa shape index (κ3) is 4.80. The number of hydrogen-bond donors (Lipinski definition) is 0. The van der Waals surface area contributed by atoms with E-state index in [0.29, 0.717) is 23.9 Å². The molecule has 0 aliphatic carbocycles. The van der Waals surface area contributed by atoms with E-state index in [-0.39, 0.29) is 18.4 Å². The summed E-state index contributed by atoms with van der Waals surface area (Å²) in [6.45, 7) is 4.72. The van der Waals surface area contributed by atoms with E-state index in [0.717, 1.165) is 27.8 Å². The van der Waals surface area contributed by atoms with Gasteiger partial charge in [-0.25, -0.2) is 4.98 Å². The van der Waals surface area contributed by atoms with Crippen LogP contribution in [0.2, 0.25) is 5.02 Å². The maximum atomic E-state index is 13.7. The Kier molecular flexibility index (Phi) is 6.38. The van der Waals surface area contributed by atoms with Crippen molar-refractivity contribution in [3.8, 4) is 0 Å². The van der Waals surface area contributed by atoms with E-state index in [1.54, 1.807) is 4.90 Å². The van der Waals surface area contributed by atoms with Crippen molar-refractivity contribution in [2.75, 3.05) is 0 Å². The van der Waals surface area contributed by atoms with Crippen LogP contribution in [0.15, 0.2) is 77.2 Å². The van der Waals surface area contributed by atoms with Gasteiger partial charge in [-0.15, -0.1) is 0 Å². The molecule has 0 fully saturated rings. The van der Waals surface area contributed by atoms with E-state index in [1.165, 1.54) is 0 Å². The number of hydrogen-bond acceptors (Lipinski definition) is 3. The SMILES string of the molecule is CC[C@H](C(=O)N(Cc1nc2cc(C)ccc2o1)Cc1ccccc1Cl)c1ccccc1. The summed E-state index contributed by atoms with van der Waals surface area (Å²) in [5.74, 6) is 0.311. The second kappa shape index (κ2) is 9.36. The average molecular weight is 433 g/mol. The molecular formula is C26H25ClN2O2. The Morgan fingerprint density at radius 3 is 2.52 bits per heavy atom. The zero-order chi connectivity index (χ0) is 21.8. The van der Waals surface area contributed by atoms with Crippen LogP contribution in [0.4, 0.5) is 0 Å². The highest BCUT2D eigenvalue weighted by atomic mass is 35.5. The molecule has 0 N–H and O–H groups in total. The number of rotatable bonds is 7. The van der Waals surface area contributed by atoms with Gasteiger partial charge in [-0.2, -0.15) is 0 Å². The van der Waals surface area contributed by atoms with Crippen LogP contribution in [0.5, 0.6) is 0 Å². The average Bonchev–Trinajstić information content (AvgIpc) is 3.17. The Morgan fingerprint density at radius 1 is 1.03 bits per heavy atom. The zero-order valence-corrected chi connectivity index (χ0v) is 18.5. The Morgan fingerprint density at radius 2 is 1.77 bits per heavy atom. The number of carbonyl (C=O) groups excluding carboxylic acids is 1. The quantitative estimate of drug-likeness (QED) is 0.334. The summed E-state index contributed by atoms with van der Waals surface area (Å²) < 4.78 is 5.95. The molecule has 5 heteroatoms. The third-order valence-electron chi connectivity index (χ3n) is 5.45. The molecule has 1 amide bonds. The van der Waals surface area contributed by atoms with E-state index in [2.05, 4.69) is 4.98 Å². The van der Waals surface area contributed by atoms with Gasteiger partial charge in [0.1, 0.15) is 5.52 Å². The molecule has 0 aliphatic heterocycles. The summed E-state index contributed by atoms with van der Waals surface area (Å²) in [5.41, 5.74) is 4.54. The molecule has 0 saturated carbocycles. The summed E-state index contributed by atoms with van der Waals surface area (Å²) in [6, 6.07) is 23.4. The van der Waals surface area contributed by atoms with Gasteiger partial charge in [0.15, 0.2) is 5.58 Å². The van der Waals surface area contributed by atoms with E-state index >= 15 is 0 Å². The molecule has 4 rings (SSSR count). The molecule has 3 aromatic carbocycles. The number of nitrogens with zero attached hydrogens (tertiary/aromatic N) is 2. The Balaban J connectivity index is 1.67. The van der Waals surface area contributed by atoms with E-state index in [1.807, 2.05) is 86.6 Å². The lowest BCUT2D eigenvalue weighted by atomic mass is 9.94. The van der Waals surface area contributed by atoms with Crippen LogP contribution in [0, 0.1) is 6.92 Å². The number of amides is 1. The van der Waals surface area contributed by atoms with Gasteiger partial charge in [-0.05, 0) is 48.2 Å². The van der Waals surface area contributed by atoms with Crippen molar-refractivity contribution in [2.24, 2.45) is 0 Å². The lowest BCUT2D eigenvalue weighted by molar-refractivity contribution is -0.134. The molecule has 1 heterocycles. The first-order valence-electron chi connectivity index (χ1n) is 10.5. The van der Waals surface area contributed by atoms with Gasteiger partial charge in [0.05, 0.1) is 12.5 Å². The van der Waals surface area contributed by atoms with Crippen molar-refractivity contribution in [1.29, 1.82) is 0 Å². The molecular weight excluding hydrogens is 408 g/mol. The standard InChI is InChI=1S/C26H25ClN2O2/c1-3-21(19-9-5-4-6-10-19)26(30)29(16-20-11-7-8-12-22(20)27)17-25-28-23-15-18(2)13-14-24(23)31-25/h4-15,21H,3,16-17H2,1-2H3/t21-/m0/s1. The second-order valence-electron chi connectivity index (χ2n) is 7.74. The first-order chi connectivity index (χ1) is 15.0. The molecule has 158 valence electrons. The van der Waals surface area contributed by atoms with Crippen LogP contribution in [0.1, 0.15) is 41.8 Å². The maximum absolute atomic E-state index is 13.7. The van der Waals surface area contributed by atoms with Crippen molar-refractivity contribution in [1.82, 2.24) is 9.88 Å². The van der Waals surface area contributed by atoms with Crippen LogP contribution in [-0.2, 0) is 17.9 Å². The number of fused-ring (bicyclic) bond motifs is 1. The summed E-state index contributed by atoms with van der Waals surface area (Å²) in [4.78, 5) is 20.1. The molecule has 4 aromatic rings. The molecule has 4 nitrogen and oxygen atoms in total. The van der Waals surface area contributed by atoms with Crippen molar-refractivity contribution in [3.05, 3.63) is 100 Å². The number of aromatic nitrogens is 1. The zero-order valence-electron chi connectivity index (χ0n) is 17.7. The van der Waals surface area contributed by atoms with Gasteiger partial charge >= 0.3 is 0 Å². The van der Waals surface area contributed by atoms with Crippen LogP contribution < -0.4 is 0 Å². The highest BCUT2D eigenvalue weighted by Crippen LogP contribution is 2.27. The molecule has 0 radical (unpaired) electrons. The summed E-state index contributed by atoms with van der Waals surface area (Å²) in [6.07, 6.45) is 0.703. The van der Waals surface area contributed by atoms with Crippen molar-refractivity contribution in [2.45, 2.75) is 39.3 Å². The van der Waals surface area contributed by atoms with E-state index in [9.17, 15) is 4.79 Å². The Hall–Kier alpha value is -3.11. The minimum Gasteiger partial charge on any atom is -0.439 e. The molecule has 0 saturated heterocycles. The van der Waals surface area contributed by atoms with Crippen molar-refractivity contribution >= 4 is 28.6 Å². The van der Waals surface area contributed by atoms with Crippen molar-refractivity contribution < 1.29 is 9.21 Å². The molecule has 0 spiro atoms. The van der Waals surface area contributed by atoms with Crippen LogP contribution in [0.25, 0.3) is 11.1 Å². The summed E-state index contributed by atoms with van der Waals surface area (Å²) in [5, 5.41) is 0.640. The first kappa shape index (κ1) is 21.1. The van der Waals surface area contributed by atoms with Crippen molar-refractivity contribution in [3.63, 3.8) is 0 Å². The minimum absolute atomic E-state index is 0.0343. The monoisotopic (exact) mass is 432 g/mol. The summed E-state index contributed by atoms with van der Waals surface area (Å²) >= 11 is 6.41. The fourth-order valence-electron chi connectivity index (χ4n) is 3.82. The third-order valence-corrected chi connectivity index (χ3v) is 5.82. The van der Waals surface area contributed by atoms with Crippen LogP contribution in [0.3, 0.4) is 0 Å². The van der Waals surface area contributed by atoms with E-state index < -0.39 is 0 Å². The number of halogens is 1.